The average molecular weight is 380 g/mol. The molecular weight excluding hydrogens is 362 g/mol. The molecular formula is C16H18BrN3OS. The predicted molar refractivity (Wildman–Crippen MR) is 94.2 cm³/mol. The van der Waals surface area contributed by atoms with E-state index in [4.69, 9.17) is 5.26 Å². The fourth-order valence-corrected chi connectivity index (χ4v) is 3.35. The van der Waals surface area contributed by atoms with Crippen molar-refractivity contribution in [2.24, 2.45) is 0 Å². The van der Waals surface area contributed by atoms with Gasteiger partial charge in [-0.05, 0) is 31.5 Å². The van der Waals surface area contributed by atoms with E-state index in [1.807, 2.05) is 25.1 Å². The number of aromatic nitrogens is 2. The zero-order chi connectivity index (χ0) is 16.1. The summed E-state index contributed by atoms with van der Waals surface area (Å²) in [7, 11) is 0. The van der Waals surface area contributed by atoms with Crippen LogP contribution in [0.25, 0.3) is 10.9 Å². The summed E-state index contributed by atoms with van der Waals surface area (Å²) >= 11 is 4.74. The van der Waals surface area contributed by atoms with E-state index in [-0.39, 0.29) is 10.8 Å². The van der Waals surface area contributed by atoms with Crippen LogP contribution in [-0.2, 0) is 6.54 Å². The highest BCUT2D eigenvalue weighted by molar-refractivity contribution is 9.10. The quantitative estimate of drug-likeness (QED) is 0.425. The van der Waals surface area contributed by atoms with Gasteiger partial charge in [0.1, 0.15) is 0 Å². The standard InChI is InChI=1S/C16H18BrN3OS/c1-3-4-5-8-20-15(21)13-9-12(17)6-7-14(13)19-16(20)22-11(2)10-18/h6-7,9,11H,3-5,8H2,1-2H3. The Morgan fingerprint density at radius 2 is 2.23 bits per heavy atom. The van der Waals surface area contributed by atoms with Crippen LogP contribution in [-0.4, -0.2) is 14.8 Å². The van der Waals surface area contributed by atoms with E-state index >= 15 is 0 Å². The third-order valence-corrected chi connectivity index (χ3v) is 4.81. The van der Waals surface area contributed by atoms with Gasteiger partial charge in [-0.25, -0.2) is 4.98 Å². The molecule has 1 heterocycles. The van der Waals surface area contributed by atoms with Gasteiger partial charge in [0, 0.05) is 11.0 Å². The topological polar surface area (TPSA) is 58.7 Å². The van der Waals surface area contributed by atoms with E-state index < -0.39 is 0 Å². The SMILES string of the molecule is CCCCCn1c(SC(C)C#N)nc2ccc(Br)cc2c1=O. The Labute approximate surface area is 142 Å². The molecule has 4 nitrogen and oxygen atoms in total. The van der Waals surface area contributed by atoms with Crippen LogP contribution in [0.3, 0.4) is 0 Å². The molecule has 0 N–H and O–H groups in total. The van der Waals surface area contributed by atoms with Gasteiger partial charge in [0.2, 0.25) is 0 Å². The number of unbranched alkanes of at least 4 members (excludes halogenated alkanes) is 2. The van der Waals surface area contributed by atoms with Gasteiger partial charge in [-0.2, -0.15) is 5.26 Å². The van der Waals surface area contributed by atoms with E-state index in [1.165, 1.54) is 11.8 Å². The number of nitriles is 1. The minimum Gasteiger partial charge on any atom is -0.287 e. The number of hydrogen-bond donors (Lipinski definition) is 0. The van der Waals surface area contributed by atoms with Crippen molar-refractivity contribution in [1.29, 1.82) is 5.26 Å². The van der Waals surface area contributed by atoms with Gasteiger partial charge in [-0.3, -0.25) is 9.36 Å². The number of nitrogens with zero attached hydrogens (tertiary/aromatic N) is 3. The maximum atomic E-state index is 12.8. The van der Waals surface area contributed by atoms with Crippen molar-refractivity contribution in [3.05, 3.63) is 33.0 Å². The molecule has 1 aromatic heterocycles. The number of rotatable bonds is 6. The number of hydrogen-bond acceptors (Lipinski definition) is 4. The van der Waals surface area contributed by atoms with Crippen LogP contribution in [0.4, 0.5) is 0 Å². The van der Waals surface area contributed by atoms with Gasteiger partial charge >= 0.3 is 0 Å². The highest BCUT2D eigenvalue weighted by Crippen LogP contribution is 2.23. The molecule has 22 heavy (non-hydrogen) atoms. The summed E-state index contributed by atoms with van der Waals surface area (Å²) < 4.78 is 2.58. The maximum Gasteiger partial charge on any atom is 0.262 e. The summed E-state index contributed by atoms with van der Waals surface area (Å²) in [5, 5.41) is 10.0. The largest absolute Gasteiger partial charge is 0.287 e. The summed E-state index contributed by atoms with van der Waals surface area (Å²) in [5.41, 5.74) is 0.641. The lowest BCUT2D eigenvalue weighted by Gasteiger charge is -2.13. The highest BCUT2D eigenvalue weighted by atomic mass is 79.9. The summed E-state index contributed by atoms with van der Waals surface area (Å²) in [5.74, 6) is 0. The Kier molecular flexibility index (Phi) is 6.04. The lowest BCUT2D eigenvalue weighted by molar-refractivity contribution is 0.541. The lowest BCUT2D eigenvalue weighted by Crippen LogP contribution is -2.24. The van der Waals surface area contributed by atoms with Crippen LogP contribution < -0.4 is 5.56 Å². The molecule has 2 rings (SSSR count). The molecule has 0 spiro atoms. The van der Waals surface area contributed by atoms with Crippen LogP contribution in [0.2, 0.25) is 0 Å². The second-order valence-electron chi connectivity index (χ2n) is 5.11. The molecule has 0 aliphatic rings. The molecule has 2 aromatic rings. The molecule has 0 amide bonds. The normalized spacial score (nSPS) is 12.3. The van der Waals surface area contributed by atoms with Crippen LogP contribution in [0, 0.1) is 11.3 Å². The van der Waals surface area contributed by atoms with Crippen molar-refractivity contribution in [1.82, 2.24) is 9.55 Å². The Morgan fingerprint density at radius 3 is 2.91 bits per heavy atom. The number of thioether (sulfide) groups is 1. The van der Waals surface area contributed by atoms with Gasteiger partial charge in [0.05, 0.1) is 22.2 Å². The Morgan fingerprint density at radius 1 is 1.45 bits per heavy atom. The Hall–Kier alpha value is -1.32. The second kappa shape index (κ2) is 7.80. The van der Waals surface area contributed by atoms with Crippen molar-refractivity contribution in [2.75, 3.05) is 0 Å². The van der Waals surface area contributed by atoms with E-state index in [2.05, 4.69) is 33.9 Å². The fraction of sp³-hybridized carbons (Fsp3) is 0.438. The van der Waals surface area contributed by atoms with Crippen molar-refractivity contribution >= 4 is 38.6 Å². The molecule has 1 aromatic carbocycles. The molecule has 0 saturated carbocycles. The van der Waals surface area contributed by atoms with E-state index in [9.17, 15) is 4.79 Å². The third-order valence-electron chi connectivity index (χ3n) is 3.33. The van der Waals surface area contributed by atoms with Crippen LogP contribution in [0.15, 0.2) is 32.6 Å². The Balaban J connectivity index is 2.54. The number of benzene rings is 1. The van der Waals surface area contributed by atoms with Crippen molar-refractivity contribution in [3.8, 4) is 6.07 Å². The summed E-state index contributed by atoms with van der Waals surface area (Å²) in [6.45, 7) is 4.59. The van der Waals surface area contributed by atoms with Gasteiger partial charge < -0.3 is 0 Å². The second-order valence-corrected chi connectivity index (χ2v) is 7.33. The first-order valence-corrected chi connectivity index (χ1v) is 9.00. The maximum absolute atomic E-state index is 12.8. The monoisotopic (exact) mass is 379 g/mol. The molecule has 0 aliphatic carbocycles. The lowest BCUT2D eigenvalue weighted by atomic mass is 10.2. The predicted octanol–water partition coefficient (Wildman–Crippen LogP) is 4.35. The van der Waals surface area contributed by atoms with E-state index in [0.29, 0.717) is 22.6 Å². The molecule has 0 saturated heterocycles. The van der Waals surface area contributed by atoms with Crippen LogP contribution >= 0.6 is 27.7 Å². The van der Waals surface area contributed by atoms with Gasteiger partial charge in [-0.15, -0.1) is 0 Å². The molecule has 0 radical (unpaired) electrons. The first-order valence-electron chi connectivity index (χ1n) is 7.33. The fourth-order valence-electron chi connectivity index (χ4n) is 2.16. The highest BCUT2D eigenvalue weighted by Gasteiger charge is 2.14. The first kappa shape index (κ1) is 17.0. The van der Waals surface area contributed by atoms with Crippen molar-refractivity contribution < 1.29 is 0 Å². The van der Waals surface area contributed by atoms with Gasteiger partial charge in [-0.1, -0.05) is 47.5 Å². The van der Waals surface area contributed by atoms with Gasteiger partial charge in [0.15, 0.2) is 5.16 Å². The minimum absolute atomic E-state index is 0.0324. The summed E-state index contributed by atoms with van der Waals surface area (Å²) in [4.78, 5) is 17.4. The summed E-state index contributed by atoms with van der Waals surface area (Å²) in [6, 6.07) is 7.70. The third kappa shape index (κ3) is 3.90. The molecule has 0 fully saturated rings. The average Bonchev–Trinajstić information content (AvgIpc) is 2.51. The molecule has 0 aliphatic heterocycles. The minimum atomic E-state index is -0.239. The smallest absolute Gasteiger partial charge is 0.262 e. The zero-order valence-electron chi connectivity index (χ0n) is 12.7. The van der Waals surface area contributed by atoms with Crippen LogP contribution in [0.1, 0.15) is 33.1 Å². The van der Waals surface area contributed by atoms with Crippen molar-refractivity contribution in [2.45, 2.75) is 50.1 Å². The zero-order valence-corrected chi connectivity index (χ0v) is 15.1. The van der Waals surface area contributed by atoms with Crippen molar-refractivity contribution in [3.63, 3.8) is 0 Å². The van der Waals surface area contributed by atoms with Gasteiger partial charge in [0.25, 0.3) is 5.56 Å². The van der Waals surface area contributed by atoms with E-state index in [1.54, 1.807) is 4.57 Å². The first-order chi connectivity index (χ1) is 10.6. The molecule has 1 unspecified atom stereocenters. The molecule has 1 atom stereocenters. The van der Waals surface area contributed by atoms with E-state index in [0.717, 1.165) is 23.7 Å². The number of halogens is 1. The Bertz CT molecular complexity index is 766. The molecule has 0 bridgehead atoms. The number of fused-ring (bicyclic) bond motifs is 1. The molecule has 116 valence electrons. The summed E-state index contributed by atoms with van der Waals surface area (Å²) in [6.07, 6.45) is 3.10. The molecule has 6 heteroatoms. The van der Waals surface area contributed by atoms with Crippen LogP contribution in [0.5, 0.6) is 0 Å².